The lowest BCUT2D eigenvalue weighted by Gasteiger charge is -2.11. The van der Waals surface area contributed by atoms with Crippen molar-refractivity contribution in [1.82, 2.24) is 14.5 Å². The quantitative estimate of drug-likeness (QED) is 0.347. The van der Waals surface area contributed by atoms with E-state index in [1.54, 1.807) is 32.2 Å². The van der Waals surface area contributed by atoms with Crippen LogP contribution in [0.15, 0.2) is 34.4 Å². The molecule has 2 rings (SSSR count). The zero-order chi connectivity index (χ0) is 18.6. The molecule has 0 saturated heterocycles. The van der Waals surface area contributed by atoms with E-state index in [-0.39, 0.29) is 33.7 Å². The number of hydrogen-bond donors (Lipinski definition) is 1. The summed E-state index contributed by atoms with van der Waals surface area (Å²) in [7, 11) is 1.55. The molecule has 0 aliphatic heterocycles. The van der Waals surface area contributed by atoms with Crippen molar-refractivity contribution in [3.05, 3.63) is 49.7 Å². The molecule has 0 aliphatic rings. The summed E-state index contributed by atoms with van der Waals surface area (Å²) in [5.74, 6) is -0.469. The number of allylic oxidation sites excluding steroid dienone is 4. The predicted molar refractivity (Wildman–Crippen MR) is 102 cm³/mol. The second kappa shape index (κ2) is 8.46. The third-order valence-corrected chi connectivity index (χ3v) is 5.45. The number of halogens is 1. The summed E-state index contributed by atoms with van der Waals surface area (Å²) >= 11 is 7.89. The topological polar surface area (TPSA) is 85.1 Å². The SMILES string of the molecule is C/C=C\C(=C/C)c1c(O)nc(SCC(=O)c2cnc(Cl)s2)n(C)c1=O. The van der Waals surface area contributed by atoms with Crippen molar-refractivity contribution in [2.24, 2.45) is 7.05 Å². The minimum Gasteiger partial charge on any atom is -0.493 e. The molecule has 2 aromatic heterocycles. The van der Waals surface area contributed by atoms with Crippen LogP contribution in [0, 0.1) is 0 Å². The normalized spacial score (nSPS) is 12.1. The number of nitrogens with zero attached hydrogens (tertiary/aromatic N) is 3. The van der Waals surface area contributed by atoms with E-state index in [4.69, 9.17) is 11.6 Å². The molecule has 1 N–H and O–H groups in total. The molecule has 0 spiro atoms. The number of Topliss-reactive ketones (excluding diaryl/α,β-unsaturated/α-hetero) is 1. The molecule has 0 aromatic carbocycles. The van der Waals surface area contributed by atoms with Gasteiger partial charge in [0, 0.05) is 7.05 Å². The maximum absolute atomic E-state index is 12.6. The largest absolute Gasteiger partial charge is 0.493 e. The lowest BCUT2D eigenvalue weighted by atomic mass is 10.1. The number of thiazole rings is 1. The van der Waals surface area contributed by atoms with E-state index in [1.807, 2.05) is 6.92 Å². The minimum absolute atomic E-state index is 0.0585. The van der Waals surface area contributed by atoms with Crippen molar-refractivity contribution in [2.45, 2.75) is 19.0 Å². The lowest BCUT2D eigenvalue weighted by molar-refractivity contribution is 0.102. The maximum atomic E-state index is 12.6. The van der Waals surface area contributed by atoms with Crippen molar-refractivity contribution in [3.63, 3.8) is 0 Å². The van der Waals surface area contributed by atoms with E-state index in [9.17, 15) is 14.7 Å². The summed E-state index contributed by atoms with van der Waals surface area (Å²) in [5, 5.41) is 10.4. The fourth-order valence-corrected chi connectivity index (χ4v) is 3.85. The summed E-state index contributed by atoms with van der Waals surface area (Å²) in [4.78, 5) is 33.0. The number of aromatic nitrogens is 3. The Kier molecular flexibility index (Phi) is 6.57. The molecule has 0 saturated carbocycles. The zero-order valence-electron chi connectivity index (χ0n) is 13.8. The molecule has 25 heavy (non-hydrogen) atoms. The van der Waals surface area contributed by atoms with Crippen molar-refractivity contribution >= 4 is 46.1 Å². The van der Waals surface area contributed by atoms with Crippen LogP contribution < -0.4 is 5.56 Å². The van der Waals surface area contributed by atoms with Crippen molar-refractivity contribution < 1.29 is 9.90 Å². The minimum atomic E-state index is -0.380. The predicted octanol–water partition coefficient (Wildman–Crippen LogP) is 3.55. The Morgan fingerprint density at radius 1 is 1.48 bits per heavy atom. The number of ketones is 1. The van der Waals surface area contributed by atoms with Crippen LogP contribution >= 0.6 is 34.7 Å². The van der Waals surface area contributed by atoms with Gasteiger partial charge in [-0.15, -0.1) is 0 Å². The first-order valence-corrected chi connectivity index (χ1v) is 9.43. The first-order chi connectivity index (χ1) is 11.9. The van der Waals surface area contributed by atoms with E-state index in [0.29, 0.717) is 14.9 Å². The highest BCUT2D eigenvalue weighted by atomic mass is 35.5. The van der Waals surface area contributed by atoms with Gasteiger partial charge >= 0.3 is 0 Å². The van der Waals surface area contributed by atoms with Crippen LogP contribution in [-0.2, 0) is 7.05 Å². The van der Waals surface area contributed by atoms with Gasteiger partial charge < -0.3 is 5.11 Å². The summed E-state index contributed by atoms with van der Waals surface area (Å²) in [6.45, 7) is 3.59. The Morgan fingerprint density at radius 3 is 2.76 bits per heavy atom. The van der Waals surface area contributed by atoms with Gasteiger partial charge in [-0.1, -0.05) is 52.9 Å². The highest BCUT2D eigenvalue weighted by molar-refractivity contribution is 7.99. The Hall–Kier alpha value is -1.90. The molecular weight excluding hydrogens is 382 g/mol. The fourth-order valence-electron chi connectivity index (χ4n) is 2.04. The lowest BCUT2D eigenvalue weighted by Crippen LogP contribution is -2.23. The van der Waals surface area contributed by atoms with Crippen LogP contribution in [0.4, 0.5) is 0 Å². The fraction of sp³-hybridized carbons (Fsp3) is 0.250. The van der Waals surface area contributed by atoms with Crippen LogP contribution in [0.25, 0.3) is 5.57 Å². The first-order valence-electron chi connectivity index (χ1n) is 7.25. The molecular formula is C16H16ClN3O3S2. The van der Waals surface area contributed by atoms with Crippen molar-refractivity contribution in [3.8, 4) is 5.88 Å². The third kappa shape index (κ3) is 4.39. The van der Waals surface area contributed by atoms with Gasteiger partial charge in [0.1, 0.15) is 5.56 Å². The highest BCUT2D eigenvalue weighted by Crippen LogP contribution is 2.25. The average molecular weight is 398 g/mol. The zero-order valence-corrected chi connectivity index (χ0v) is 16.2. The van der Waals surface area contributed by atoms with Crippen LogP contribution in [0.1, 0.15) is 29.1 Å². The summed E-state index contributed by atoms with van der Waals surface area (Å²) in [6, 6.07) is 0. The van der Waals surface area contributed by atoms with Crippen LogP contribution in [0.2, 0.25) is 4.47 Å². The second-order valence-electron chi connectivity index (χ2n) is 4.89. The van der Waals surface area contributed by atoms with E-state index in [1.165, 1.54) is 10.8 Å². The molecule has 0 bridgehead atoms. The molecule has 0 aliphatic carbocycles. The molecule has 0 fully saturated rings. The second-order valence-corrected chi connectivity index (χ2v) is 7.45. The van der Waals surface area contributed by atoms with E-state index < -0.39 is 0 Å². The number of thioether (sulfide) groups is 1. The molecule has 0 radical (unpaired) electrons. The average Bonchev–Trinajstić information content (AvgIpc) is 3.02. The Balaban J connectivity index is 2.29. The van der Waals surface area contributed by atoms with Gasteiger partial charge in [-0.3, -0.25) is 14.2 Å². The van der Waals surface area contributed by atoms with E-state index >= 15 is 0 Å². The molecule has 0 amide bonds. The molecule has 0 atom stereocenters. The van der Waals surface area contributed by atoms with Gasteiger partial charge in [0.25, 0.3) is 5.56 Å². The highest BCUT2D eigenvalue weighted by Gasteiger charge is 2.18. The van der Waals surface area contributed by atoms with Crippen LogP contribution in [-0.4, -0.2) is 31.2 Å². The maximum Gasteiger partial charge on any atom is 0.265 e. The standard InChI is InChI=1S/C16H16ClN3O3S2/c1-4-6-9(5-2)12-13(22)19-16(20(3)14(12)23)24-8-10(21)11-7-18-15(17)25-11/h4-7,22H,8H2,1-3H3/b6-4-,9-5+. The van der Waals surface area contributed by atoms with Gasteiger partial charge in [-0.25, -0.2) is 4.98 Å². The van der Waals surface area contributed by atoms with Crippen molar-refractivity contribution in [1.29, 1.82) is 0 Å². The Morgan fingerprint density at radius 2 is 2.20 bits per heavy atom. The number of hydrogen-bond acceptors (Lipinski definition) is 7. The number of carbonyl (C=O) groups is 1. The molecule has 132 valence electrons. The van der Waals surface area contributed by atoms with Gasteiger partial charge in [-0.05, 0) is 19.4 Å². The van der Waals surface area contributed by atoms with Gasteiger partial charge in [-0.2, -0.15) is 4.98 Å². The molecule has 9 heteroatoms. The molecule has 2 aromatic rings. The summed E-state index contributed by atoms with van der Waals surface area (Å²) < 4.78 is 1.61. The van der Waals surface area contributed by atoms with Gasteiger partial charge in [0.05, 0.1) is 16.8 Å². The monoisotopic (exact) mass is 397 g/mol. The molecule has 2 heterocycles. The first kappa shape index (κ1) is 19.4. The molecule has 0 unspecified atom stereocenters. The number of carbonyl (C=O) groups excluding carboxylic acids is 1. The number of aromatic hydroxyl groups is 1. The Bertz CT molecular complexity index is 916. The van der Waals surface area contributed by atoms with Gasteiger partial charge in [0.15, 0.2) is 15.4 Å². The number of rotatable bonds is 6. The summed E-state index contributed by atoms with van der Waals surface area (Å²) in [6.07, 6.45) is 6.64. The van der Waals surface area contributed by atoms with Crippen LogP contribution in [0.5, 0.6) is 5.88 Å². The van der Waals surface area contributed by atoms with Crippen LogP contribution in [0.3, 0.4) is 0 Å². The van der Waals surface area contributed by atoms with E-state index in [0.717, 1.165) is 23.1 Å². The summed E-state index contributed by atoms with van der Waals surface area (Å²) in [5.41, 5.74) is 0.336. The van der Waals surface area contributed by atoms with Gasteiger partial charge in [0.2, 0.25) is 5.88 Å². The third-order valence-electron chi connectivity index (χ3n) is 3.26. The smallest absolute Gasteiger partial charge is 0.265 e. The molecule has 6 nitrogen and oxygen atoms in total. The van der Waals surface area contributed by atoms with E-state index in [2.05, 4.69) is 9.97 Å². The Labute approximate surface area is 157 Å². The van der Waals surface area contributed by atoms with Crippen molar-refractivity contribution in [2.75, 3.05) is 5.75 Å².